The third kappa shape index (κ3) is 3.61. The minimum atomic E-state index is -0.300. The molecular weight excluding hydrogens is 392 g/mol. The van der Waals surface area contributed by atoms with Crippen molar-refractivity contribution in [2.45, 2.75) is 39.7 Å². The normalized spacial score (nSPS) is 27.7. The summed E-state index contributed by atoms with van der Waals surface area (Å²) < 4.78 is 8.48. The lowest BCUT2D eigenvalue weighted by molar-refractivity contribution is -0.103. The fourth-order valence-electron chi connectivity index (χ4n) is 6.19. The quantitative estimate of drug-likeness (QED) is 0.798. The zero-order valence-corrected chi connectivity index (χ0v) is 18.7. The molecule has 2 heterocycles. The van der Waals surface area contributed by atoms with Gasteiger partial charge in [0.05, 0.1) is 24.2 Å². The molecule has 1 aromatic carbocycles. The molecule has 2 bridgehead atoms. The Hall–Kier alpha value is -2.12. The van der Waals surface area contributed by atoms with E-state index in [0.717, 1.165) is 44.3 Å². The van der Waals surface area contributed by atoms with E-state index in [2.05, 4.69) is 24.1 Å². The topological polar surface area (TPSA) is 68.5 Å². The van der Waals surface area contributed by atoms with Crippen LogP contribution in [0.15, 0.2) is 29.1 Å². The number of fused-ring (bicyclic) bond motifs is 3. The number of hydrogen-bond acceptors (Lipinski definition) is 4. The van der Waals surface area contributed by atoms with Gasteiger partial charge in [-0.2, -0.15) is 0 Å². The maximum absolute atomic E-state index is 13.3. The molecule has 3 aliphatic carbocycles. The van der Waals surface area contributed by atoms with Crippen molar-refractivity contribution in [1.29, 1.82) is 0 Å². The number of carbonyl (C=O) groups is 1. The molecule has 4 fully saturated rings. The second kappa shape index (κ2) is 8.10. The molecular formula is C24H34N4O3. The summed E-state index contributed by atoms with van der Waals surface area (Å²) in [5, 5.41) is 3.10. The first kappa shape index (κ1) is 20.8. The highest BCUT2D eigenvalue weighted by Crippen LogP contribution is 2.61. The number of ether oxygens (including phenoxy) is 1. The molecule has 1 N–H and O–H groups in total. The molecule has 7 heteroatoms. The molecule has 6 rings (SSSR count). The van der Waals surface area contributed by atoms with Crippen LogP contribution in [-0.2, 0) is 11.3 Å². The first-order valence-electron chi connectivity index (χ1n) is 11.8. The lowest BCUT2D eigenvalue weighted by Crippen LogP contribution is -2.55. The largest absolute Gasteiger partial charge is 0.379 e. The Kier molecular flexibility index (Phi) is 5.42. The Balaban J connectivity index is 1.32. The van der Waals surface area contributed by atoms with E-state index in [-0.39, 0.29) is 11.7 Å². The first-order valence-corrected chi connectivity index (χ1v) is 11.8. The van der Waals surface area contributed by atoms with Crippen LogP contribution in [0, 0.1) is 23.2 Å². The Morgan fingerprint density at radius 2 is 1.87 bits per heavy atom. The molecule has 3 atom stereocenters. The minimum absolute atomic E-state index is 0.250. The van der Waals surface area contributed by atoms with Gasteiger partial charge in [0.25, 0.3) is 0 Å². The lowest BCUT2D eigenvalue weighted by atomic mass is 9.45. The maximum atomic E-state index is 13.3. The van der Waals surface area contributed by atoms with Gasteiger partial charge in [-0.3, -0.25) is 9.47 Å². The number of imidazole rings is 1. The van der Waals surface area contributed by atoms with Crippen molar-refractivity contribution in [3.8, 4) is 0 Å². The number of benzene rings is 1. The van der Waals surface area contributed by atoms with Gasteiger partial charge in [0.2, 0.25) is 0 Å². The number of amides is 1. The van der Waals surface area contributed by atoms with Crippen molar-refractivity contribution < 1.29 is 9.53 Å². The fraction of sp³-hybridized carbons (Fsp3) is 0.667. The standard InChI is InChI=1S/C24H34N4O3/c1-24(2)18-8-7-17(19(24)15-18)16-25-22(29)28-21-6-4-3-5-20(21)27(23(28)30)10-9-26-11-13-31-14-12-26/h3-6,17-19H,7-16H2,1-2H3,(H,25,29)/t17-,18-,19+/m0/s1. The molecule has 1 aromatic heterocycles. The third-order valence-electron chi connectivity index (χ3n) is 8.30. The van der Waals surface area contributed by atoms with Gasteiger partial charge < -0.3 is 10.1 Å². The second-order valence-electron chi connectivity index (χ2n) is 10.1. The Bertz CT molecular complexity index is 1020. The van der Waals surface area contributed by atoms with Gasteiger partial charge >= 0.3 is 11.7 Å². The number of carbonyl (C=O) groups excluding carboxylic acids is 1. The fourth-order valence-corrected chi connectivity index (χ4v) is 6.19. The average Bonchev–Trinajstić information content (AvgIpc) is 3.08. The number of hydrogen-bond donors (Lipinski definition) is 1. The molecule has 0 unspecified atom stereocenters. The van der Waals surface area contributed by atoms with Crippen molar-refractivity contribution in [2.24, 2.45) is 23.2 Å². The third-order valence-corrected chi connectivity index (χ3v) is 8.30. The summed E-state index contributed by atoms with van der Waals surface area (Å²) in [7, 11) is 0. The molecule has 0 spiro atoms. The van der Waals surface area contributed by atoms with Gasteiger partial charge in [-0.05, 0) is 54.6 Å². The maximum Gasteiger partial charge on any atom is 0.337 e. The first-order chi connectivity index (χ1) is 15.0. The summed E-state index contributed by atoms with van der Waals surface area (Å²) in [6, 6.07) is 7.30. The number of morpholine rings is 1. The van der Waals surface area contributed by atoms with E-state index in [1.54, 1.807) is 4.57 Å². The molecule has 31 heavy (non-hydrogen) atoms. The van der Waals surface area contributed by atoms with Crippen molar-refractivity contribution in [2.75, 3.05) is 39.4 Å². The molecule has 7 nitrogen and oxygen atoms in total. The summed E-state index contributed by atoms with van der Waals surface area (Å²) >= 11 is 0. The summed E-state index contributed by atoms with van der Waals surface area (Å²) in [6.07, 6.45) is 3.72. The molecule has 168 valence electrons. The van der Waals surface area contributed by atoms with E-state index in [1.807, 2.05) is 24.3 Å². The monoisotopic (exact) mass is 426 g/mol. The number of para-hydroxylation sites is 2. The van der Waals surface area contributed by atoms with Crippen molar-refractivity contribution in [3.63, 3.8) is 0 Å². The molecule has 0 radical (unpaired) electrons. The number of nitrogens with one attached hydrogen (secondary N) is 1. The van der Waals surface area contributed by atoms with E-state index in [1.165, 1.54) is 23.8 Å². The summed E-state index contributed by atoms with van der Waals surface area (Å²) in [5.41, 5.74) is 1.64. The van der Waals surface area contributed by atoms with Crippen molar-refractivity contribution >= 4 is 17.1 Å². The van der Waals surface area contributed by atoms with E-state index in [4.69, 9.17) is 4.74 Å². The molecule has 1 aliphatic heterocycles. The van der Waals surface area contributed by atoms with Crippen LogP contribution in [0.2, 0.25) is 0 Å². The van der Waals surface area contributed by atoms with E-state index in [9.17, 15) is 9.59 Å². The predicted molar refractivity (Wildman–Crippen MR) is 120 cm³/mol. The number of aromatic nitrogens is 2. The Morgan fingerprint density at radius 3 is 2.58 bits per heavy atom. The SMILES string of the molecule is CC1(C)[C@H]2CC[C@@H](CNC(=O)n3c(=O)n(CCN4CCOCC4)c4ccccc43)[C@H]1C2. The van der Waals surface area contributed by atoms with E-state index in [0.29, 0.717) is 35.9 Å². The zero-order valence-electron chi connectivity index (χ0n) is 18.7. The smallest absolute Gasteiger partial charge is 0.337 e. The Morgan fingerprint density at radius 1 is 1.13 bits per heavy atom. The summed E-state index contributed by atoms with van der Waals surface area (Å²) in [5.74, 6) is 2.03. The minimum Gasteiger partial charge on any atom is -0.379 e. The summed E-state index contributed by atoms with van der Waals surface area (Å²) in [4.78, 5) is 28.7. The van der Waals surface area contributed by atoms with Crippen LogP contribution in [0.5, 0.6) is 0 Å². The molecule has 1 amide bonds. The van der Waals surface area contributed by atoms with Gasteiger partial charge in [-0.15, -0.1) is 0 Å². The van der Waals surface area contributed by atoms with Gasteiger partial charge in [0.1, 0.15) is 0 Å². The molecule has 2 aromatic rings. The van der Waals surface area contributed by atoms with Crippen molar-refractivity contribution in [3.05, 3.63) is 34.7 Å². The van der Waals surface area contributed by atoms with Crippen LogP contribution < -0.4 is 11.0 Å². The number of rotatable bonds is 5. The molecule has 3 saturated carbocycles. The Labute approximate surface area is 183 Å². The van der Waals surface area contributed by atoms with E-state index >= 15 is 0 Å². The van der Waals surface area contributed by atoms with Gasteiger partial charge in [0.15, 0.2) is 0 Å². The highest BCUT2D eigenvalue weighted by atomic mass is 16.5. The molecule has 4 aliphatic rings. The van der Waals surface area contributed by atoms with Crippen LogP contribution >= 0.6 is 0 Å². The van der Waals surface area contributed by atoms with Crippen LogP contribution in [0.3, 0.4) is 0 Å². The summed E-state index contributed by atoms with van der Waals surface area (Å²) in [6.45, 7) is 9.97. The second-order valence-corrected chi connectivity index (χ2v) is 10.1. The van der Waals surface area contributed by atoms with Gasteiger partial charge in [0, 0.05) is 32.7 Å². The van der Waals surface area contributed by atoms with Gasteiger partial charge in [-0.1, -0.05) is 26.0 Å². The molecule has 1 saturated heterocycles. The van der Waals surface area contributed by atoms with Crippen LogP contribution in [0.25, 0.3) is 11.0 Å². The average molecular weight is 427 g/mol. The van der Waals surface area contributed by atoms with Crippen LogP contribution in [0.1, 0.15) is 33.1 Å². The zero-order chi connectivity index (χ0) is 21.6. The van der Waals surface area contributed by atoms with Crippen molar-refractivity contribution in [1.82, 2.24) is 19.4 Å². The van der Waals surface area contributed by atoms with Gasteiger partial charge in [-0.25, -0.2) is 14.2 Å². The lowest BCUT2D eigenvalue weighted by Gasteiger charge is -2.60. The van der Waals surface area contributed by atoms with Crippen LogP contribution in [-0.4, -0.2) is 59.5 Å². The van der Waals surface area contributed by atoms with Crippen LogP contribution in [0.4, 0.5) is 4.79 Å². The highest BCUT2D eigenvalue weighted by Gasteiger charge is 2.53. The highest BCUT2D eigenvalue weighted by molar-refractivity contribution is 5.89. The predicted octanol–water partition coefficient (Wildman–Crippen LogP) is 2.77. The number of nitrogens with zero attached hydrogens (tertiary/aromatic N) is 3. The van der Waals surface area contributed by atoms with E-state index < -0.39 is 0 Å².